The monoisotopic (exact) mass is 263 g/mol. The number of hydrogen-bond acceptors (Lipinski definition) is 3. The quantitative estimate of drug-likeness (QED) is 0.832. The maximum absolute atomic E-state index is 12.0. The Morgan fingerprint density at radius 2 is 2.11 bits per heavy atom. The molecular weight excluding hydrogens is 250 g/mol. The van der Waals surface area contributed by atoms with Crippen LogP contribution in [-0.2, 0) is 24.2 Å². The molecule has 0 saturated carbocycles. The molecule has 4 nitrogen and oxygen atoms in total. The third-order valence-corrected chi connectivity index (χ3v) is 3.06. The van der Waals surface area contributed by atoms with Crippen molar-refractivity contribution in [1.29, 1.82) is 0 Å². The normalized spacial score (nSPS) is 10.6. The molecule has 1 aromatic carbocycles. The van der Waals surface area contributed by atoms with Crippen molar-refractivity contribution >= 4 is 17.4 Å². The van der Waals surface area contributed by atoms with E-state index in [-0.39, 0.29) is 5.78 Å². The van der Waals surface area contributed by atoms with Crippen LogP contribution in [0.1, 0.15) is 18.3 Å². The first-order chi connectivity index (χ1) is 8.70. The van der Waals surface area contributed by atoms with E-state index in [1.165, 1.54) is 6.33 Å². The van der Waals surface area contributed by atoms with Crippen LogP contribution in [0.4, 0.5) is 0 Å². The fourth-order valence-corrected chi connectivity index (χ4v) is 1.98. The van der Waals surface area contributed by atoms with Crippen LogP contribution in [0.15, 0.2) is 30.6 Å². The van der Waals surface area contributed by atoms with Crippen LogP contribution in [0, 0.1) is 0 Å². The second-order valence-corrected chi connectivity index (χ2v) is 4.38. The minimum absolute atomic E-state index is 0.0887. The largest absolute Gasteiger partial charge is 0.299 e. The number of carbonyl (C=O) groups is 1. The van der Waals surface area contributed by atoms with Gasteiger partial charge in [0.1, 0.15) is 17.9 Å². The number of carbonyl (C=O) groups excluding carboxylic acids is 1. The van der Waals surface area contributed by atoms with Gasteiger partial charge in [-0.1, -0.05) is 29.8 Å². The summed E-state index contributed by atoms with van der Waals surface area (Å²) >= 11 is 6.02. The Labute approximate surface area is 111 Å². The first kappa shape index (κ1) is 12.8. The first-order valence-electron chi connectivity index (χ1n) is 5.82. The minimum atomic E-state index is 0.0887. The van der Waals surface area contributed by atoms with Crippen molar-refractivity contribution in [3.05, 3.63) is 47.0 Å². The average Bonchev–Trinajstić information content (AvgIpc) is 2.79. The van der Waals surface area contributed by atoms with E-state index >= 15 is 0 Å². The highest BCUT2D eigenvalue weighted by Crippen LogP contribution is 2.16. The molecule has 18 heavy (non-hydrogen) atoms. The predicted molar refractivity (Wildman–Crippen MR) is 69.6 cm³/mol. The van der Waals surface area contributed by atoms with Gasteiger partial charge in [-0.25, -0.2) is 9.67 Å². The van der Waals surface area contributed by atoms with Crippen molar-refractivity contribution in [2.45, 2.75) is 26.3 Å². The smallest absolute Gasteiger partial charge is 0.144 e. The van der Waals surface area contributed by atoms with Crippen molar-refractivity contribution in [3.63, 3.8) is 0 Å². The Hall–Kier alpha value is -1.68. The molecule has 0 N–H and O–H groups in total. The van der Waals surface area contributed by atoms with E-state index in [9.17, 15) is 4.79 Å². The van der Waals surface area contributed by atoms with Crippen LogP contribution >= 0.6 is 11.6 Å². The van der Waals surface area contributed by atoms with Crippen molar-refractivity contribution in [2.75, 3.05) is 0 Å². The van der Waals surface area contributed by atoms with Gasteiger partial charge >= 0.3 is 0 Å². The lowest BCUT2D eigenvalue weighted by Crippen LogP contribution is -2.12. The molecule has 0 aliphatic rings. The number of nitrogens with zero attached hydrogens (tertiary/aromatic N) is 3. The fourth-order valence-electron chi connectivity index (χ4n) is 1.78. The highest BCUT2D eigenvalue weighted by atomic mass is 35.5. The van der Waals surface area contributed by atoms with Gasteiger partial charge in [0.15, 0.2) is 0 Å². The van der Waals surface area contributed by atoms with Gasteiger partial charge in [-0.2, -0.15) is 5.10 Å². The van der Waals surface area contributed by atoms with Gasteiger partial charge in [0, 0.05) is 18.0 Å². The number of Topliss-reactive ketones (excluding diaryl/α,β-unsaturated/α-hetero) is 1. The molecule has 1 heterocycles. The highest BCUT2D eigenvalue weighted by molar-refractivity contribution is 6.31. The zero-order valence-electron chi connectivity index (χ0n) is 10.1. The zero-order chi connectivity index (χ0) is 13.0. The van der Waals surface area contributed by atoms with E-state index in [4.69, 9.17) is 11.6 Å². The SMILES string of the molecule is CCn1ncnc1CC(=O)Cc1ccccc1Cl. The van der Waals surface area contributed by atoms with E-state index in [2.05, 4.69) is 10.1 Å². The summed E-state index contributed by atoms with van der Waals surface area (Å²) in [5, 5.41) is 4.67. The molecule has 0 atom stereocenters. The Morgan fingerprint density at radius 1 is 1.33 bits per heavy atom. The molecule has 0 radical (unpaired) electrons. The lowest BCUT2D eigenvalue weighted by Gasteiger charge is -2.04. The van der Waals surface area contributed by atoms with Gasteiger partial charge in [0.05, 0.1) is 6.42 Å². The standard InChI is InChI=1S/C13H14ClN3O/c1-2-17-13(15-9-16-17)8-11(18)7-10-5-3-4-6-12(10)14/h3-6,9H,2,7-8H2,1H3. The van der Waals surface area contributed by atoms with Crippen molar-refractivity contribution in [3.8, 4) is 0 Å². The molecule has 2 rings (SSSR count). The van der Waals surface area contributed by atoms with Crippen LogP contribution in [-0.4, -0.2) is 20.5 Å². The maximum atomic E-state index is 12.0. The third-order valence-electron chi connectivity index (χ3n) is 2.70. The van der Waals surface area contributed by atoms with E-state index in [1.807, 2.05) is 25.1 Å². The molecule has 0 fully saturated rings. The van der Waals surface area contributed by atoms with Gasteiger partial charge < -0.3 is 0 Å². The second-order valence-electron chi connectivity index (χ2n) is 3.98. The number of aryl methyl sites for hydroxylation is 1. The van der Waals surface area contributed by atoms with E-state index in [0.717, 1.165) is 5.56 Å². The summed E-state index contributed by atoms with van der Waals surface area (Å²) in [6, 6.07) is 7.39. The fraction of sp³-hybridized carbons (Fsp3) is 0.308. The Kier molecular flexibility index (Phi) is 4.10. The topological polar surface area (TPSA) is 47.8 Å². The molecule has 0 amide bonds. The lowest BCUT2D eigenvalue weighted by molar-refractivity contribution is -0.117. The summed E-state index contributed by atoms with van der Waals surface area (Å²) in [6.07, 6.45) is 2.09. The van der Waals surface area contributed by atoms with Crippen LogP contribution < -0.4 is 0 Å². The molecule has 94 valence electrons. The highest BCUT2D eigenvalue weighted by Gasteiger charge is 2.11. The van der Waals surface area contributed by atoms with E-state index in [1.54, 1.807) is 10.7 Å². The average molecular weight is 264 g/mol. The van der Waals surface area contributed by atoms with Crippen molar-refractivity contribution in [1.82, 2.24) is 14.8 Å². The molecule has 2 aromatic rings. The van der Waals surface area contributed by atoms with Gasteiger partial charge in [0.25, 0.3) is 0 Å². The Balaban J connectivity index is 2.04. The summed E-state index contributed by atoms with van der Waals surface area (Å²) in [7, 11) is 0. The van der Waals surface area contributed by atoms with Crippen LogP contribution in [0.2, 0.25) is 5.02 Å². The number of rotatable bonds is 5. The molecule has 5 heteroatoms. The molecular formula is C13H14ClN3O. The summed E-state index contributed by atoms with van der Waals surface area (Å²) < 4.78 is 1.73. The Morgan fingerprint density at radius 3 is 2.83 bits per heavy atom. The van der Waals surface area contributed by atoms with Gasteiger partial charge in [0.2, 0.25) is 0 Å². The maximum Gasteiger partial charge on any atom is 0.144 e. The number of ketones is 1. The van der Waals surface area contributed by atoms with E-state index in [0.29, 0.717) is 30.2 Å². The number of aromatic nitrogens is 3. The summed E-state index contributed by atoms with van der Waals surface area (Å²) in [5.41, 5.74) is 0.853. The van der Waals surface area contributed by atoms with Crippen molar-refractivity contribution in [2.24, 2.45) is 0 Å². The number of benzene rings is 1. The Bertz CT molecular complexity index is 551. The first-order valence-corrected chi connectivity index (χ1v) is 6.20. The molecule has 0 unspecified atom stereocenters. The van der Waals surface area contributed by atoms with Crippen LogP contribution in [0.3, 0.4) is 0 Å². The van der Waals surface area contributed by atoms with Gasteiger partial charge in [-0.05, 0) is 18.6 Å². The molecule has 0 saturated heterocycles. The zero-order valence-corrected chi connectivity index (χ0v) is 10.9. The van der Waals surface area contributed by atoms with Crippen LogP contribution in [0.5, 0.6) is 0 Å². The van der Waals surface area contributed by atoms with E-state index < -0.39 is 0 Å². The minimum Gasteiger partial charge on any atom is -0.299 e. The van der Waals surface area contributed by atoms with Crippen molar-refractivity contribution < 1.29 is 4.79 Å². The summed E-state index contributed by atoms with van der Waals surface area (Å²) in [5.74, 6) is 0.792. The van der Waals surface area contributed by atoms with Gasteiger partial charge in [-0.3, -0.25) is 4.79 Å². The van der Waals surface area contributed by atoms with Crippen LogP contribution in [0.25, 0.3) is 0 Å². The second kappa shape index (κ2) is 5.78. The molecule has 0 spiro atoms. The molecule has 1 aromatic heterocycles. The third kappa shape index (κ3) is 2.96. The molecule has 0 aliphatic heterocycles. The number of halogens is 1. The molecule has 0 bridgehead atoms. The predicted octanol–water partition coefficient (Wildman–Crippen LogP) is 2.31. The molecule has 0 aliphatic carbocycles. The van der Waals surface area contributed by atoms with Gasteiger partial charge in [-0.15, -0.1) is 0 Å². The lowest BCUT2D eigenvalue weighted by atomic mass is 10.1. The summed E-state index contributed by atoms with van der Waals surface area (Å²) in [6.45, 7) is 2.69. The summed E-state index contributed by atoms with van der Waals surface area (Å²) in [4.78, 5) is 16.0. The number of hydrogen-bond donors (Lipinski definition) is 0.